The first-order valence-corrected chi connectivity index (χ1v) is 7.48. The number of guanidine groups is 1. The molecule has 2 rings (SSSR count). The summed E-state index contributed by atoms with van der Waals surface area (Å²) in [6, 6.07) is 0.645. The van der Waals surface area contributed by atoms with Gasteiger partial charge in [0.1, 0.15) is 0 Å². The second-order valence-corrected chi connectivity index (χ2v) is 6.54. The average molecular weight is 384 g/mol. The first-order valence-electron chi connectivity index (χ1n) is 6.33. The Morgan fingerprint density at radius 2 is 2.06 bits per heavy atom. The van der Waals surface area contributed by atoms with Gasteiger partial charge in [-0.25, -0.2) is 0 Å². The van der Waals surface area contributed by atoms with E-state index in [1.165, 1.54) is 30.8 Å². The topological polar surface area (TPSA) is 44.9 Å². The minimum absolute atomic E-state index is 0. The van der Waals surface area contributed by atoms with Gasteiger partial charge >= 0.3 is 0 Å². The largest absolute Gasteiger partial charge is 0.370 e. The van der Waals surface area contributed by atoms with Gasteiger partial charge in [-0.1, -0.05) is 0 Å². The van der Waals surface area contributed by atoms with Crippen LogP contribution >= 0.6 is 35.7 Å². The third-order valence-electron chi connectivity index (χ3n) is 4.02. The van der Waals surface area contributed by atoms with Gasteiger partial charge in [-0.05, 0) is 39.1 Å². The van der Waals surface area contributed by atoms with E-state index < -0.39 is 0 Å². The summed E-state index contributed by atoms with van der Waals surface area (Å²) in [6.45, 7) is 0.829. The second kappa shape index (κ2) is 6.65. The molecule has 4 nitrogen and oxygen atoms in total. The zero-order valence-electron chi connectivity index (χ0n) is 11.6. The summed E-state index contributed by atoms with van der Waals surface area (Å²) in [5, 5.41) is 0. The van der Waals surface area contributed by atoms with Crippen molar-refractivity contribution in [3.63, 3.8) is 0 Å². The lowest BCUT2D eigenvalue weighted by Crippen LogP contribution is -2.48. The highest BCUT2D eigenvalue weighted by atomic mass is 127. The second-order valence-electron chi connectivity index (χ2n) is 5.44. The van der Waals surface area contributed by atoms with Gasteiger partial charge in [0.2, 0.25) is 0 Å². The van der Waals surface area contributed by atoms with Crippen LogP contribution in [0.2, 0.25) is 0 Å². The summed E-state index contributed by atoms with van der Waals surface area (Å²) < 4.78 is 0. The van der Waals surface area contributed by atoms with Crippen LogP contribution in [0, 0.1) is 0 Å². The zero-order chi connectivity index (χ0) is 12.5. The third kappa shape index (κ3) is 3.66. The molecule has 0 bridgehead atoms. The normalized spacial score (nSPS) is 28.3. The molecule has 1 aliphatic carbocycles. The lowest BCUT2D eigenvalue weighted by atomic mass is 9.98. The Morgan fingerprint density at radius 3 is 2.50 bits per heavy atom. The minimum Gasteiger partial charge on any atom is -0.370 e. The Hall–Kier alpha value is 0.310. The van der Waals surface area contributed by atoms with Crippen LogP contribution in [0.25, 0.3) is 0 Å². The number of nitrogens with two attached hydrogens (primary N) is 1. The summed E-state index contributed by atoms with van der Waals surface area (Å²) in [5.41, 5.74) is 6.27. The van der Waals surface area contributed by atoms with Crippen molar-refractivity contribution in [2.75, 3.05) is 39.2 Å². The summed E-state index contributed by atoms with van der Waals surface area (Å²) in [4.78, 5) is 9.08. The minimum atomic E-state index is 0. The standard InChI is InChI=1S/C12H24N4S.HI/c1-15(2)12(6-7-17-9-12)8-14-11(13)16(3)10-4-5-10;/h10H,4-9H2,1-3H3,(H2,13,14);1H. The molecule has 0 spiro atoms. The number of hydrogen-bond donors (Lipinski definition) is 1. The maximum absolute atomic E-state index is 6.05. The van der Waals surface area contributed by atoms with E-state index >= 15 is 0 Å². The Kier molecular flexibility index (Phi) is 6.05. The van der Waals surface area contributed by atoms with Crippen LogP contribution < -0.4 is 5.73 Å². The highest BCUT2D eigenvalue weighted by molar-refractivity contribution is 14.0. The quantitative estimate of drug-likeness (QED) is 0.453. The number of hydrogen-bond acceptors (Lipinski definition) is 3. The highest BCUT2D eigenvalue weighted by Gasteiger charge is 2.36. The fraction of sp³-hybridized carbons (Fsp3) is 0.917. The molecule has 0 aromatic carbocycles. The maximum Gasteiger partial charge on any atom is 0.191 e. The van der Waals surface area contributed by atoms with Crippen LogP contribution in [0.4, 0.5) is 0 Å². The van der Waals surface area contributed by atoms with Crippen molar-refractivity contribution in [2.24, 2.45) is 10.7 Å². The lowest BCUT2D eigenvalue weighted by Gasteiger charge is -2.34. The SMILES string of the molecule is CN(C(N)=NCC1(N(C)C)CCSC1)C1CC1.I. The predicted octanol–water partition coefficient (Wildman–Crippen LogP) is 1.45. The molecule has 2 N–H and O–H groups in total. The lowest BCUT2D eigenvalue weighted by molar-refractivity contribution is 0.189. The van der Waals surface area contributed by atoms with Gasteiger partial charge < -0.3 is 15.5 Å². The summed E-state index contributed by atoms with van der Waals surface area (Å²) in [6.07, 6.45) is 3.75. The van der Waals surface area contributed by atoms with Gasteiger partial charge in [-0.2, -0.15) is 11.8 Å². The van der Waals surface area contributed by atoms with E-state index in [0.717, 1.165) is 6.54 Å². The fourth-order valence-electron chi connectivity index (χ4n) is 2.20. The highest BCUT2D eigenvalue weighted by Crippen LogP contribution is 2.32. The molecule has 6 heteroatoms. The molecule has 1 saturated heterocycles. The number of halogens is 1. The van der Waals surface area contributed by atoms with Crippen LogP contribution in [-0.4, -0.2) is 66.5 Å². The number of likely N-dealkylation sites (N-methyl/N-ethyl adjacent to an activating group) is 1. The van der Waals surface area contributed by atoms with Gasteiger partial charge in [0.15, 0.2) is 5.96 Å². The van der Waals surface area contributed by atoms with E-state index in [9.17, 15) is 0 Å². The fourth-order valence-corrected chi connectivity index (χ4v) is 3.75. The summed E-state index contributed by atoms with van der Waals surface area (Å²) in [7, 11) is 6.37. The van der Waals surface area contributed by atoms with Crippen LogP contribution in [0.1, 0.15) is 19.3 Å². The Labute approximate surface area is 132 Å². The van der Waals surface area contributed by atoms with Crippen molar-refractivity contribution in [3.05, 3.63) is 0 Å². The van der Waals surface area contributed by atoms with Gasteiger partial charge in [-0.3, -0.25) is 4.99 Å². The Balaban J connectivity index is 0.00000162. The number of aliphatic imine (C=N–C) groups is 1. The molecular weight excluding hydrogens is 359 g/mol. The molecule has 2 fully saturated rings. The van der Waals surface area contributed by atoms with E-state index in [4.69, 9.17) is 5.73 Å². The van der Waals surface area contributed by atoms with Gasteiger partial charge in [-0.15, -0.1) is 24.0 Å². The first kappa shape index (κ1) is 16.4. The van der Waals surface area contributed by atoms with Crippen molar-refractivity contribution in [1.82, 2.24) is 9.80 Å². The monoisotopic (exact) mass is 384 g/mol. The molecule has 1 saturated carbocycles. The Morgan fingerprint density at radius 1 is 1.39 bits per heavy atom. The molecule has 1 unspecified atom stereocenters. The molecule has 0 amide bonds. The van der Waals surface area contributed by atoms with Crippen molar-refractivity contribution < 1.29 is 0 Å². The van der Waals surface area contributed by atoms with Gasteiger partial charge in [0.25, 0.3) is 0 Å². The average Bonchev–Trinajstić information content (AvgIpc) is 3.04. The molecule has 2 aliphatic rings. The van der Waals surface area contributed by atoms with Gasteiger partial charge in [0, 0.05) is 24.4 Å². The molecule has 1 heterocycles. The van der Waals surface area contributed by atoms with Crippen LogP contribution in [0.3, 0.4) is 0 Å². The molecular formula is C12H25IN4S. The van der Waals surface area contributed by atoms with Gasteiger partial charge in [0.05, 0.1) is 6.54 Å². The van der Waals surface area contributed by atoms with E-state index in [2.05, 4.69) is 35.9 Å². The van der Waals surface area contributed by atoms with E-state index in [1.807, 2.05) is 11.8 Å². The van der Waals surface area contributed by atoms with E-state index in [-0.39, 0.29) is 29.5 Å². The molecule has 0 aromatic heterocycles. The Bertz CT molecular complexity index is 298. The molecule has 0 aromatic rings. The zero-order valence-corrected chi connectivity index (χ0v) is 14.7. The smallest absolute Gasteiger partial charge is 0.191 e. The molecule has 1 aliphatic heterocycles. The van der Waals surface area contributed by atoms with Crippen molar-refractivity contribution in [1.29, 1.82) is 0 Å². The number of thioether (sulfide) groups is 1. The number of rotatable bonds is 4. The number of nitrogens with zero attached hydrogens (tertiary/aromatic N) is 3. The summed E-state index contributed by atoms with van der Waals surface area (Å²) >= 11 is 2.02. The first-order chi connectivity index (χ1) is 8.05. The van der Waals surface area contributed by atoms with E-state index in [0.29, 0.717) is 12.0 Å². The van der Waals surface area contributed by atoms with Crippen molar-refractivity contribution in [2.45, 2.75) is 30.8 Å². The van der Waals surface area contributed by atoms with Crippen molar-refractivity contribution >= 4 is 41.7 Å². The van der Waals surface area contributed by atoms with Crippen LogP contribution in [0.15, 0.2) is 4.99 Å². The van der Waals surface area contributed by atoms with Crippen molar-refractivity contribution in [3.8, 4) is 0 Å². The molecule has 0 radical (unpaired) electrons. The maximum atomic E-state index is 6.05. The molecule has 106 valence electrons. The third-order valence-corrected chi connectivity index (χ3v) is 5.26. The summed E-state index contributed by atoms with van der Waals surface area (Å²) in [5.74, 6) is 3.13. The van der Waals surface area contributed by atoms with Crippen LogP contribution in [-0.2, 0) is 0 Å². The predicted molar refractivity (Wildman–Crippen MR) is 91.0 cm³/mol. The molecule has 1 atom stereocenters. The van der Waals surface area contributed by atoms with E-state index in [1.54, 1.807) is 0 Å². The van der Waals surface area contributed by atoms with Crippen LogP contribution in [0.5, 0.6) is 0 Å². The molecule has 18 heavy (non-hydrogen) atoms.